The van der Waals surface area contributed by atoms with E-state index in [2.05, 4.69) is 33.1 Å². The van der Waals surface area contributed by atoms with Gasteiger partial charge in [-0.15, -0.1) is 0 Å². The molecule has 150 valence electrons. The van der Waals surface area contributed by atoms with Crippen LogP contribution in [-0.4, -0.2) is 41.6 Å². The third-order valence-electron chi connectivity index (χ3n) is 5.36. The molecule has 6 heteroatoms. The van der Waals surface area contributed by atoms with Crippen molar-refractivity contribution in [2.24, 2.45) is 0 Å². The Morgan fingerprint density at radius 3 is 2.76 bits per heavy atom. The van der Waals surface area contributed by atoms with E-state index >= 15 is 0 Å². The zero-order valence-electron chi connectivity index (χ0n) is 16.5. The molecule has 5 nitrogen and oxygen atoms in total. The van der Waals surface area contributed by atoms with Gasteiger partial charge >= 0.3 is 0 Å². The van der Waals surface area contributed by atoms with Crippen molar-refractivity contribution < 1.29 is 4.74 Å². The van der Waals surface area contributed by atoms with Crippen LogP contribution >= 0.6 is 11.6 Å². The minimum atomic E-state index is -0.114. The minimum Gasteiger partial charge on any atom is -0.494 e. The van der Waals surface area contributed by atoms with Crippen LogP contribution in [0, 0.1) is 0 Å². The van der Waals surface area contributed by atoms with E-state index in [4.69, 9.17) is 16.3 Å². The van der Waals surface area contributed by atoms with Crippen LogP contribution in [0.5, 0.6) is 5.75 Å². The Bertz CT molecular complexity index is 1090. The highest BCUT2D eigenvalue weighted by Crippen LogP contribution is 2.24. The Labute approximate surface area is 175 Å². The average molecular weight is 410 g/mol. The Morgan fingerprint density at radius 2 is 2.03 bits per heavy atom. The first-order chi connectivity index (χ1) is 14.1. The van der Waals surface area contributed by atoms with Gasteiger partial charge in [0, 0.05) is 24.5 Å². The smallest absolute Gasteiger partial charge is 0.258 e. The van der Waals surface area contributed by atoms with Crippen LogP contribution in [0.15, 0.2) is 53.3 Å². The van der Waals surface area contributed by atoms with Gasteiger partial charge in [0.15, 0.2) is 0 Å². The molecule has 1 aliphatic rings. The highest BCUT2D eigenvalue weighted by atomic mass is 35.5. The number of ether oxygens (including phenoxy) is 1. The summed E-state index contributed by atoms with van der Waals surface area (Å²) in [6.07, 6.45) is 5.00. The van der Waals surface area contributed by atoms with Crippen molar-refractivity contribution in [2.45, 2.75) is 19.3 Å². The molecule has 0 atom stereocenters. The third kappa shape index (κ3) is 4.52. The van der Waals surface area contributed by atoms with Crippen LogP contribution in [0.1, 0.15) is 24.2 Å². The Balaban J connectivity index is 1.36. The molecule has 0 unspecified atom stereocenters. The lowest BCUT2D eigenvalue weighted by molar-refractivity contribution is 0.297. The fourth-order valence-electron chi connectivity index (χ4n) is 3.78. The van der Waals surface area contributed by atoms with Gasteiger partial charge in [-0.05, 0) is 54.8 Å². The van der Waals surface area contributed by atoms with Crippen LogP contribution in [0.4, 0.5) is 0 Å². The topological polar surface area (TPSA) is 58.2 Å². The van der Waals surface area contributed by atoms with Crippen LogP contribution in [0.3, 0.4) is 0 Å². The number of aromatic nitrogens is 2. The van der Waals surface area contributed by atoms with Gasteiger partial charge in [-0.2, -0.15) is 0 Å². The summed E-state index contributed by atoms with van der Waals surface area (Å²) in [5, 5.41) is 1.33. The summed E-state index contributed by atoms with van der Waals surface area (Å²) in [7, 11) is 1.60. The second-order valence-corrected chi connectivity index (χ2v) is 7.70. The van der Waals surface area contributed by atoms with E-state index in [1.54, 1.807) is 19.2 Å². The molecule has 0 spiro atoms. The average Bonchev–Trinajstić information content (AvgIpc) is 2.74. The highest BCUT2D eigenvalue weighted by Gasteiger charge is 2.13. The molecule has 29 heavy (non-hydrogen) atoms. The summed E-state index contributed by atoms with van der Waals surface area (Å²) in [6, 6.07) is 13.5. The summed E-state index contributed by atoms with van der Waals surface area (Å²) in [4.78, 5) is 22.3. The van der Waals surface area contributed by atoms with Gasteiger partial charge in [0.05, 0.1) is 12.5 Å². The third-order valence-corrected chi connectivity index (χ3v) is 5.62. The molecule has 0 radical (unpaired) electrons. The molecule has 1 aliphatic heterocycles. The van der Waals surface area contributed by atoms with E-state index in [0.717, 1.165) is 43.9 Å². The molecule has 1 aromatic heterocycles. The maximum absolute atomic E-state index is 12.3. The van der Waals surface area contributed by atoms with E-state index in [1.165, 1.54) is 11.1 Å². The molecule has 0 amide bonds. The lowest BCUT2D eigenvalue weighted by Gasteiger charge is -2.26. The van der Waals surface area contributed by atoms with Crippen molar-refractivity contribution in [1.82, 2.24) is 14.9 Å². The van der Waals surface area contributed by atoms with Crippen molar-refractivity contribution in [1.29, 1.82) is 0 Å². The molecule has 0 fully saturated rings. The predicted octanol–water partition coefficient (Wildman–Crippen LogP) is 4.31. The number of hydrogen-bond acceptors (Lipinski definition) is 4. The van der Waals surface area contributed by atoms with Crippen molar-refractivity contribution in [3.05, 3.63) is 75.3 Å². The quantitative estimate of drug-likeness (QED) is 0.659. The van der Waals surface area contributed by atoms with Gasteiger partial charge in [-0.3, -0.25) is 9.69 Å². The lowest BCUT2D eigenvalue weighted by Crippen LogP contribution is -2.30. The van der Waals surface area contributed by atoms with Gasteiger partial charge in [0.1, 0.15) is 17.1 Å². The van der Waals surface area contributed by atoms with E-state index in [1.807, 2.05) is 18.2 Å². The first kappa shape index (κ1) is 19.7. The number of benzene rings is 2. The molecule has 0 saturated heterocycles. The van der Waals surface area contributed by atoms with Gasteiger partial charge in [0.25, 0.3) is 5.56 Å². The Morgan fingerprint density at radius 1 is 1.21 bits per heavy atom. The van der Waals surface area contributed by atoms with E-state index < -0.39 is 0 Å². The van der Waals surface area contributed by atoms with Crippen LogP contribution < -0.4 is 10.3 Å². The number of aryl methyl sites for hydroxylation is 1. The van der Waals surface area contributed by atoms with E-state index in [-0.39, 0.29) is 5.56 Å². The standard InChI is InChI=1S/C23H24ClN3O2/c1-29-20-5-2-4-19-22(20)25-21(26-23(19)28)6-3-13-27-14-11-17(12-15-27)16-7-9-18(24)10-8-16/h2,4-5,7-11H,3,6,12-15H2,1H3,(H,25,26,28). The molecule has 2 aromatic carbocycles. The maximum atomic E-state index is 12.3. The Hall–Kier alpha value is -2.63. The van der Waals surface area contributed by atoms with Crippen LogP contribution in [0.2, 0.25) is 5.02 Å². The number of H-pyrrole nitrogens is 1. The monoisotopic (exact) mass is 409 g/mol. The number of methoxy groups -OCH3 is 1. The second-order valence-electron chi connectivity index (χ2n) is 7.26. The van der Waals surface area contributed by atoms with Gasteiger partial charge in [-0.25, -0.2) is 4.98 Å². The van der Waals surface area contributed by atoms with Gasteiger partial charge < -0.3 is 9.72 Å². The van der Waals surface area contributed by atoms with E-state index in [9.17, 15) is 4.79 Å². The van der Waals surface area contributed by atoms with Gasteiger partial charge in [-0.1, -0.05) is 35.9 Å². The van der Waals surface area contributed by atoms with Crippen molar-refractivity contribution >= 4 is 28.1 Å². The van der Waals surface area contributed by atoms with Crippen molar-refractivity contribution in [2.75, 3.05) is 26.7 Å². The fourth-order valence-corrected chi connectivity index (χ4v) is 3.90. The zero-order chi connectivity index (χ0) is 20.2. The second kappa shape index (κ2) is 8.80. The first-order valence-electron chi connectivity index (χ1n) is 9.87. The van der Waals surface area contributed by atoms with Gasteiger partial charge in [0.2, 0.25) is 0 Å². The van der Waals surface area contributed by atoms with E-state index in [0.29, 0.717) is 22.5 Å². The Kier molecular flexibility index (Phi) is 5.97. The summed E-state index contributed by atoms with van der Waals surface area (Å²) in [5.74, 6) is 1.34. The SMILES string of the molecule is COc1cccc2c(=O)[nH]c(CCCN3CC=C(c4ccc(Cl)cc4)CC3)nc12. The largest absolute Gasteiger partial charge is 0.494 e. The first-order valence-corrected chi connectivity index (χ1v) is 10.2. The molecule has 0 bridgehead atoms. The van der Waals surface area contributed by atoms with Crippen molar-refractivity contribution in [3.63, 3.8) is 0 Å². The summed E-state index contributed by atoms with van der Waals surface area (Å²) < 4.78 is 5.35. The molecule has 0 aliphatic carbocycles. The number of hydrogen-bond donors (Lipinski definition) is 1. The summed E-state index contributed by atoms with van der Waals surface area (Å²) >= 11 is 5.98. The summed E-state index contributed by atoms with van der Waals surface area (Å²) in [5.41, 5.74) is 3.14. The number of fused-ring (bicyclic) bond motifs is 1. The molecule has 2 heterocycles. The molecule has 1 N–H and O–H groups in total. The number of halogens is 1. The molecule has 0 saturated carbocycles. The van der Waals surface area contributed by atoms with Crippen LogP contribution in [0.25, 0.3) is 16.5 Å². The fraction of sp³-hybridized carbons (Fsp3) is 0.304. The minimum absolute atomic E-state index is 0.114. The molecule has 4 rings (SSSR count). The molecular formula is C23H24ClN3O2. The van der Waals surface area contributed by atoms with Crippen molar-refractivity contribution in [3.8, 4) is 5.75 Å². The molecule has 3 aromatic rings. The maximum Gasteiger partial charge on any atom is 0.258 e. The number of nitrogens with zero attached hydrogens (tertiary/aromatic N) is 2. The number of rotatable bonds is 6. The zero-order valence-corrected chi connectivity index (χ0v) is 17.2. The number of para-hydroxylation sites is 1. The predicted molar refractivity (Wildman–Crippen MR) is 118 cm³/mol. The normalized spacial score (nSPS) is 14.8. The highest BCUT2D eigenvalue weighted by molar-refractivity contribution is 6.30. The van der Waals surface area contributed by atoms with Crippen LogP contribution in [-0.2, 0) is 6.42 Å². The number of nitrogens with one attached hydrogen (secondary N) is 1. The summed E-state index contributed by atoms with van der Waals surface area (Å²) in [6.45, 7) is 2.94. The lowest BCUT2D eigenvalue weighted by atomic mass is 9.99. The molecular weight excluding hydrogens is 386 g/mol. The number of aromatic amines is 1.